The topological polar surface area (TPSA) is 99.3 Å². The van der Waals surface area contributed by atoms with Crippen LogP contribution in [0.15, 0.2) is 60.0 Å². The highest BCUT2D eigenvalue weighted by atomic mass is 32.2. The molecule has 0 aliphatic heterocycles. The Labute approximate surface area is 163 Å². The number of ether oxygens (including phenoxy) is 1. The number of nitro groups is 1. The van der Waals surface area contributed by atoms with E-state index in [0.717, 1.165) is 11.8 Å². The number of thioether (sulfide) groups is 1. The Morgan fingerprint density at radius 3 is 2.89 bits per heavy atom. The number of carbonyl (C=O) groups is 1. The summed E-state index contributed by atoms with van der Waals surface area (Å²) in [5.74, 6) is -0.537. The number of hydrogen-bond donors (Lipinski definition) is 1. The molecule has 0 radical (unpaired) electrons. The van der Waals surface area contributed by atoms with Gasteiger partial charge in [0.1, 0.15) is 17.3 Å². The van der Waals surface area contributed by atoms with Crippen molar-refractivity contribution in [3.05, 3.63) is 70.8 Å². The van der Waals surface area contributed by atoms with Gasteiger partial charge < -0.3 is 10.1 Å². The highest BCUT2D eigenvalue weighted by molar-refractivity contribution is 7.99. The molecule has 28 heavy (non-hydrogen) atoms. The maximum atomic E-state index is 13.4. The van der Waals surface area contributed by atoms with Gasteiger partial charge in [0, 0.05) is 12.4 Å². The summed E-state index contributed by atoms with van der Waals surface area (Å²) in [7, 11) is 1.40. The summed E-state index contributed by atoms with van der Waals surface area (Å²) in [6.45, 7) is 0. The normalized spacial score (nSPS) is 10.5. The molecule has 1 heterocycles. The summed E-state index contributed by atoms with van der Waals surface area (Å²) in [5.41, 5.74) is 0.384. The zero-order chi connectivity index (χ0) is 20.1. The first-order valence-electron chi connectivity index (χ1n) is 8.02. The molecule has 1 amide bonds. The molecule has 0 saturated carbocycles. The van der Waals surface area contributed by atoms with E-state index < -0.39 is 10.8 Å². The fraction of sp³-hybridized carbons (Fsp3) is 0.111. The van der Waals surface area contributed by atoms with Gasteiger partial charge in [-0.15, -0.1) is 0 Å². The second-order valence-corrected chi connectivity index (χ2v) is 6.48. The zero-order valence-electron chi connectivity index (χ0n) is 14.7. The third-order valence-corrected chi connectivity index (χ3v) is 4.67. The predicted octanol–water partition coefficient (Wildman–Crippen LogP) is 3.66. The minimum atomic E-state index is -0.595. The molecule has 1 N–H and O–H groups in total. The number of halogens is 1. The van der Waals surface area contributed by atoms with E-state index in [1.807, 2.05) is 0 Å². The number of nitrogens with zero attached hydrogens (tertiary/aromatic N) is 3. The Hall–Kier alpha value is -3.40. The lowest BCUT2D eigenvalue weighted by molar-refractivity contribution is -0.384. The molecule has 0 spiro atoms. The number of benzene rings is 2. The van der Waals surface area contributed by atoms with Crippen LogP contribution in [0.2, 0.25) is 0 Å². The van der Waals surface area contributed by atoms with Crippen molar-refractivity contribution < 1.29 is 18.8 Å². The van der Waals surface area contributed by atoms with E-state index in [9.17, 15) is 19.3 Å². The largest absolute Gasteiger partial charge is 0.496 e. The van der Waals surface area contributed by atoms with Crippen LogP contribution in [0.25, 0.3) is 5.69 Å². The lowest BCUT2D eigenvalue weighted by Crippen LogP contribution is -2.15. The average molecular weight is 402 g/mol. The van der Waals surface area contributed by atoms with Crippen molar-refractivity contribution >= 4 is 29.0 Å². The second-order valence-electron chi connectivity index (χ2n) is 5.54. The van der Waals surface area contributed by atoms with E-state index in [1.165, 1.54) is 37.4 Å². The van der Waals surface area contributed by atoms with E-state index in [4.69, 9.17) is 4.74 Å². The van der Waals surface area contributed by atoms with Gasteiger partial charge in [0.05, 0.1) is 29.5 Å². The molecule has 144 valence electrons. The van der Waals surface area contributed by atoms with E-state index in [0.29, 0.717) is 16.6 Å². The molecule has 0 bridgehead atoms. The summed E-state index contributed by atoms with van der Waals surface area (Å²) < 4.78 is 20.1. The predicted molar refractivity (Wildman–Crippen MR) is 103 cm³/mol. The first kappa shape index (κ1) is 19.4. The molecule has 1 aromatic heterocycles. The Kier molecular flexibility index (Phi) is 5.90. The van der Waals surface area contributed by atoms with Crippen molar-refractivity contribution in [2.75, 3.05) is 18.2 Å². The van der Waals surface area contributed by atoms with E-state index in [2.05, 4.69) is 10.3 Å². The minimum absolute atomic E-state index is 0.0322. The maximum Gasteiger partial charge on any atom is 0.296 e. The van der Waals surface area contributed by atoms with E-state index >= 15 is 0 Å². The van der Waals surface area contributed by atoms with Crippen LogP contribution >= 0.6 is 11.8 Å². The minimum Gasteiger partial charge on any atom is -0.496 e. The van der Waals surface area contributed by atoms with Crippen LogP contribution < -0.4 is 10.1 Å². The number of imidazole rings is 1. The number of methoxy groups -OCH3 is 1. The number of rotatable bonds is 7. The highest BCUT2D eigenvalue weighted by Crippen LogP contribution is 2.29. The van der Waals surface area contributed by atoms with Crippen LogP contribution in [0.5, 0.6) is 5.75 Å². The van der Waals surface area contributed by atoms with Gasteiger partial charge in [-0.1, -0.05) is 17.8 Å². The molecule has 0 saturated heterocycles. The number of hydrogen-bond acceptors (Lipinski definition) is 6. The summed E-state index contributed by atoms with van der Waals surface area (Å²) in [6, 6.07) is 10.2. The van der Waals surface area contributed by atoms with Gasteiger partial charge in [-0.25, -0.2) is 9.37 Å². The Morgan fingerprint density at radius 1 is 1.36 bits per heavy atom. The van der Waals surface area contributed by atoms with Gasteiger partial charge >= 0.3 is 0 Å². The Morgan fingerprint density at radius 2 is 2.18 bits per heavy atom. The molecule has 8 nitrogen and oxygen atoms in total. The van der Waals surface area contributed by atoms with Gasteiger partial charge in [0.2, 0.25) is 5.91 Å². The van der Waals surface area contributed by atoms with Gasteiger partial charge in [-0.05, 0) is 30.3 Å². The van der Waals surface area contributed by atoms with Crippen molar-refractivity contribution in [3.8, 4) is 11.4 Å². The summed E-state index contributed by atoms with van der Waals surface area (Å²) >= 11 is 1.13. The molecule has 0 fully saturated rings. The Bertz CT molecular complexity index is 1020. The number of nitro benzene ring substituents is 1. The van der Waals surface area contributed by atoms with Crippen LogP contribution in [0, 0.1) is 15.9 Å². The maximum absolute atomic E-state index is 13.4. The van der Waals surface area contributed by atoms with Crippen LogP contribution in [-0.2, 0) is 4.79 Å². The van der Waals surface area contributed by atoms with Gasteiger partial charge in [0.25, 0.3) is 5.69 Å². The molecule has 2 aromatic carbocycles. The smallest absolute Gasteiger partial charge is 0.296 e. The first-order valence-corrected chi connectivity index (χ1v) is 9.01. The van der Waals surface area contributed by atoms with Gasteiger partial charge in [-0.2, -0.15) is 0 Å². The summed E-state index contributed by atoms with van der Waals surface area (Å²) in [4.78, 5) is 27.0. The number of carbonyl (C=O) groups excluding carboxylic acids is 1. The molecule has 3 aromatic rings. The van der Waals surface area contributed by atoms with Crippen LogP contribution in [0.3, 0.4) is 0 Å². The van der Waals surface area contributed by atoms with Crippen molar-refractivity contribution in [2.45, 2.75) is 5.16 Å². The monoisotopic (exact) mass is 402 g/mol. The fourth-order valence-corrected chi connectivity index (χ4v) is 3.20. The molecule has 0 aliphatic rings. The number of amides is 1. The van der Waals surface area contributed by atoms with Gasteiger partial charge in [-0.3, -0.25) is 19.5 Å². The number of anilines is 1. The average Bonchev–Trinajstić information content (AvgIpc) is 3.15. The van der Waals surface area contributed by atoms with E-state index in [1.54, 1.807) is 29.1 Å². The third-order valence-electron chi connectivity index (χ3n) is 3.70. The molecule has 3 rings (SSSR count). The Balaban J connectivity index is 1.69. The van der Waals surface area contributed by atoms with Crippen molar-refractivity contribution in [1.29, 1.82) is 0 Å². The second kappa shape index (κ2) is 8.53. The summed E-state index contributed by atoms with van der Waals surface area (Å²) in [5, 5.41) is 14.2. The fourth-order valence-electron chi connectivity index (χ4n) is 2.43. The molecular formula is C18H15FN4O4S. The quantitative estimate of drug-likeness (QED) is 0.368. The van der Waals surface area contributed by atoms with Crippen LogP contribution in [-0.4, -0.2) is 33.2 Å². The molecular weight excluding hydrogens is 387 g/mol. The lowest BCUT2D eigenvalue weighted by Gasteiger charge is -2.09. The van der Waals surface area contributed by atoms with Crippen molar-refractivity contribution in [2.24, 2.45) is 0 Å². The highest BCUT2D eigenvalue weighted by Gasteiger charge is 2.18. The lowest BCUT2D eigenvalue weighted by atomic mass is 10.2. The number of nitrogens with one attached hydrogen (secondary N) is 1. The number of aromatic nitrogens is 2. The zero-order valence-corrected chi connectivity index (χ0v) is 15.5. The van der Waals surface area contributed by atoms with Gasteiger partial charge in [0.15, 0.2) is 5.16 Å². The third kappa shape index (κ3) is 4.46. The molecule has 0 aliphatic carbocycles. The molecule has 10 heteroatoms. The summed E-state index contributed by atoms with van der Waals surface area (Å²) in [6.07, 6.45) is 3.20. The van der Waals surface area contributed by atoms with Crippen molar-refractivity contribution in [3.63, 3.8) is 0 Å². The van der Waals surface area contributed by atoms with Crippen LogP contribution in [0.1, 0.15) is 0 Å². The van der Waals surface area contributed by atoms with E-state index in [-0.39, 0.29) is 22.9 Å². The first-order chi connectivity index (χ1) is 13.5. The van der Waals surface area contributed by atoms with Crippen molar-refractivity contribution in [1.82, 2.24) is 9.55 Å². The standard InChI is InChI=1S/C18H15FN4O4S/c1-27-14-5-6-15(16(10-14)23(25)26)21-17(24)11-28-18-20-7-8-22(18)13-4-2-3-12(19)9-13/h2-10H,11H2,1H3,(H,21,24). The van der Waals surface area contributed by atoms with Crippen LogP contribution in [0.4, 0.5) is 15.8 Å². The molecule has 0 unspecified atom stereocenters. The SMILES string of the molecule is COc1ccc(NC(=O)CSc2nccn2-c2cccc(F)c2)c([N+](=O)[O-])c1. The molecule has 0 atom stereocenters.